The van der Waals surface area contributed by atoms with Crippen LogP contribution in [0.1, 0.15) is 40.0 Å². The third kappa shape index (κ3) is 4.72. The molecule has 0 aliphatic heterocycles. The Labute approximate surface area is 82.0 Å². The van der Waals surface area contributed by atoms with Crippen LogP contribution in [0.2, 0.25) is 0 Å². The lowest BCUT2D eigenvalue weighted by atomic mass is 9.88. The lowest BCUT2D eigenvalue weighted by Gasteiger charge is -2.18. The second-order valence-electron chi connectivity index (χ2n) is 4.90. The summed E-state index contributed by atoms with van der Waals surface area (Å²) in [5, 5.41) is 0. The zero-order valence-electron chi connectivity index (χ0n) is 9.01. The Bertz CT molecular complexity index is 233. The summed E-state index contributed by atoms with van der Waals surface area (Å²) in [7, 11) is 0. The van der Waals surface area contributed by atoms with Crippen molar-refractivity contribution in [1.82, 2.24) is 0 Å². The van der Waals surface area contributed by atoms with E-state index in [1.807, 2.05) is 0 Å². The lowest BCUT2D eigenvalue weighted by molar-refractivity contribution is 0.377. The van der Waals surface area contributed by atoms with E-state index in [1.54, 1.807) is 5.57 Å². The van der Waals surface area contributed by atoms with Gasteiger partial charge in [0, 0.05) is 0 Å². The van der Waals surface area contributed by atoms with E-state index in [9.17, 15) is 0 Å². The molecule has 0 bridgehead atoms. The van der Waals surface area contributed by atoms with Gasteiger partial charge in [0.2, 0.25) is 0 Å². The van der Waals surface area contributed by atoms with Gasteiger partial charge in [-0.2, -0.15) is 0 Å². The largest absolute Gasteiger partial charge is 0.0805 e. The summed E-state index contributed by atoms with van der Waals surface area (Å²) in [5.74, 6) is 0. The van der Waals surface area contributed by atoms with E-state index < -0.39 is 0 Å². The maximum absolute atomic E-state index is 2.30. The van der Waals surface area contributed by atoms with Crippen molar-refractivity contribution in [3.63, 3.8) is 0 Å². The van der Waals surface area contributed by atoms with Gasteiger partial charge in [0.15, 0.2) is 0 Å². The molecule has 72 valence electrons. The molecule has 0 unspecified atom stereocenters. The molecular formula is C13H20. The fourth-order valence-corrected chi connectivity index (χ4v) is 1.34. The summed E-state index contributed by atoms with van der Waals surface area (Å²) in [5.41, 5.74) is 2.01. The van der Waals surface area contributed by atoms with Gasteiger partial charge in [-0.1, -0.05) is 56.7 Å². The zero-order valence-corrected chi connectivity index (χ0v) is 9.01. The van der Waals surface area contributed by atoms with Gasteiger partial charge in [-0.25, -0.2) is 0 Å². The van der Waals surface area contributed by atoms with Gasteiger partial charge in [-0.05, 0) is 24.7 Å². The van der Waals surface area contributed by atoms with Crippen molar-refractivity contribution < 1.29 is 0 Å². The van der Waals surface area contributed by atoms with E-state index in [4.69, 9.17) is 0 Å². The Balaban J connectivity index is 2.41. The molecular weight excluding hydrogens is 156 g/mol. The number of allylic oxidation sites excluding steroid dienone is 6. The summed E-state index contributed by atoms with van der Waals surface area (Å²) >= 11 is 0. The number of rotatable bonds is 2. The highest BCUT2D eigenvalue weighted by Gasteiger charge is 2.10. The Hall–Kier alpha value is -0.780. The monoisotopic (exact) mass is 176 g/mol. The molecule has 0 saturated heterocycles. The van der Waals surface area contributed by atoms with E-state index in [0.717, 1.165) is 6.42 Å². The van der Waals surface area contributed by atoms with Crippen molar-refractivity contribution in [1.29, 1.82) is 0 Å². The van der Waals surface area contributed by atoms with Gasteiger partial charge >= 0.3 is 0 Å². The SMILES string of the molecule is CC(C)(C)CCC1=CC=CC=CC1. The highest BCUT2D eigenvalue weighted by atomic mass is 14.2. The Kier molecular flexibility index (Phi) is 3.53. The average molecular weight is 176 g/mol. The molecule has 0 heteroatoms. The Morgan fingerprint density at radius 3 is 2.62 bits per heavy atom. The molecule has 0 aromatic rings. The molecule has 0 saturated carbocycles. The van der Waals surface area contributed by atoms with E-state index in [0.29, 0.717) is 5.41 Å². The van der Waals surface area contributed by atoms with Gasteiger partial charge in [0.25, 0.3) is 0 Å². The normalized spacial score (nSPS) is 17.0. The van der Waals surface area contributed by atoms with E-state index in [-0.39, 0.29) is 0 Å². The van der Waals surface area contributed by atoms with Crippen LogP contribution in [0, 0.1) is 5.41 Å². The molecule has 0 radical (unpaired) electrons. The van der Waals surface area contributed by atoms with E-state index >= 15 is 0 Å². The molecule has 1 aliphatic rings. The van der Waals surface area contributed by atoms with E-state index in [1.165, 1.54) is 12.8 Å². The van der Waals surface area contributed by atoms with Crippen LogP contribution in [0.5, 0.6) is 0 Å². The van der Waals surface area contributed by atoms with Crippen molar-refractivity contribution in [2.45, 2.75) is 40.0 Å². The summed E-state index contributed by atoms with van der Waals surface area (Å²) in [6, 6.07) is 0. The Morgan fingerprint density at radius 1 is 1.15 bits per heavy atom. The van der Waals surface area contributed by atoms with Crippen molar-refractivity contribution in [2.75, 3.05) is 0 Å². The van der Waals surface area contributed by atoms with Crippen molar-refractivity contribution in [3.05, 3.63) is 36.0 Å². The van der Waals surface area contributed by atoms with Crippen LogP contribution in [0.25, 0.3) is 0 Å². The maximum Gasteiger partial charge on any atom is -0.0133 e. The second kappa shape index (κ2) is 4.45. The van der Waals surface area contributed by atoms with Gasteiger partial charge in [0.1, 0.15) is 0 Å². The van der Waals surface area contributed by atoms with Crippen LogP contribution in [0.4, 0.5) is 0 Å². The van der Waals surface area contributed by atoms with E-state index in [2.05, 4.69) is 51.2 Å². The minimum atomic E-state index is 0.459. The molecule has 0 N–H and O–H groups in total. The molecule has 0 aromatic heterocycles. The molecule has 0 fully saturated rings. The number of hydrogen-bond donors (Lipinski definition) is 0. The first-order valence-corrected chi connectivity index (χ1v) is 5.09. The smallest absolute Gasteiger partial charge is 0.0133 e. The van der Waals surface area contributed by atoms with Gasteiger partial charge in [-0.15, -0.1) is 0 Å². The first-order valence-electron chi connectivity index (χ1n) is 5.09. The lowest BCUT2D eigenvalue weighted by Crippen LogP contribution is -2.04. The van der Waals surface area contributed by atoms with Crippen LogP contribution >= 0.6 is 0 Å². The minimum absolute atomic E-state index is 0.459. The fraction of sp³-hybridized carbons (Fsp3) is 0.538. The fourth-order valence-electron chi connectivity index (χ4n) is 1.34. The third-order valence-electron chi connectivity index (χ3n) is 2.27. The Morgan fingerprint density at radius 2 is 1.92 bits per heavy atom. The summed E-state index contributed by atoms with van der Waals surface area (Å²) in [6.07, 6.45) is 14.5. The molecule has 0 heterocycles. The summed E-state index contributed by atoms with van der Waals surface area (Å²) < 4.78 is 0. The van der Waals surface area contributed by atoms with Crippen LogP contribution in [0.15, 0.2) is 36.0 Å². The second-order valence-corrected chi connectivity index (χ2v) is 4.90. The molecule has 0 aromatic carbocycles. The molecule has 1 rings (SSSR count). The van der Waals surface area contributed by atoms with Crippen LogP contribution < -0.4 is 0 Å². The van der Waals surface area contributed by atoms with Crippen molar-refractivity contribution in [3.8, 4) is 0 Å². The quantitative estimate of drug-likeness (QED) is 0.590. The molecule has 13 heavy (non-hydrogen) atoms. The molecule has 0 nitrogen and oxygen atoms in total. The molecule has 0 atom stereocenters. The number of hydrogen-bond acceptors (Lipinski definition) is 0. The maximum atomic E-state index is 2.30. The minimum Gasteiger partial charge on any atom is -0.0805 e. The molecule has 0 spiro atoms. The first-order chi connectivity index (χ1) is 6.08. The van der Waals surface area contributed by atoms with Crippen molar-refractivity contribution >= 4 is 0 Å². The first kappa shape index (κ1) is 10.3. The van der Waals surface area contributed by atoms with Gasteiger partial charge in [-0.3, -0.25) is 0 Å². The zero-order chi connectivity index (χ0) is 9.73. The summed E-state index contributed by atoms with van der Waals surface area (Å²) in [6.45, 7) is 6.90. The highest BCUT2D eigenvalue weighted by Crippen LogP contribution is 2.25. The van der Waals surface area contributed by atoms with Crippen molar-refractivity contribution in [2.24, 2.45) is 5.41 Å². The van der Waals surface area contributed by atoms with Crippen LogP contribution in [-0.2, 0) is 0 Å². The average Bonchev–Trinajstić information content (AvgIpc) is 2.26. The van der Waals surface area contributed by atoms with Crippen LogP contribution in [-0.4, -0.2) is 0 Å². The predicted molar refractivity (Wildman–Crippen MR) is 59.7 cm³/mol. The summed E-state index contributed by atoms with van der Waals surface area (Å²) in [4.78, 5) is 0. The standard InChI is InChI=1S/C13H20/c1-13(2,3)11-10-12-8-6-4-5-7-9-12/h4-8H,9-11H2,1-3H3. The third-order valence-corrected chi connectivity index (χ3v) is 2.27. The van der Waals surface area contributed by atoms with Gasteiger partial charge < -0.3 is 0 Å². The highest BCUT2D eigenvalue weighted by molar-refractivity contribution is 5.23. The molecule has 0 amide bonds. The van der Waals surface area contributed by atoms with Crippen LogP contribution in [0.3, 0.4) is 0 Å². The molecule has 1 aliphatic carbocycles. The topological polar surface area (TPSA) is 0 Å². The van der Waals surface area contributed by atoms with Gasteiger partial charge in [0.05, 0.1) is 0 Å². The predicted octanol–water partition coefficient (Wildman–Crippen LogP) is 4.26.